The summed E-state index contributed by atoms with van der Waals surface area (Å²) in [5.41, 5.74) is 1.43. The quantitative estimate of drug-likeness (QED) is 0.470. The second-order valence-corrected chi connectivity index (χ2v) is 8.95. The highest BCUT2D eigenvalue weighted by molar-refractivity contribution is 5.71. The van der Waals surface area contributed by atoms with Gasteiger partial charge in [-0.05, 0) is 31.0 Å². The third kappa shape index (κ3) is 5.28. The first-order valence-electron chi connectivity index (χ1n) is 12.4. The third-order valence-electron chi connectivity index (χ3n) is 6.70. The van der Waals surface area contributed by atoms with E-state index in [-0.39, 0.29) is 11.2 Å². The number of imidazole rings is 1. The summed E-state index contributed by atoms with van der Waals surface area (Å²) >= 11 is 0. The number of nitrogens with zero attached hydrogens (tertiary/aromatic N) is 5. The van der Waals surface area contributed by atoms with Crippen LogP contribution >= 0.6 is 0 Å². The normalized spacial score (nSPS) is 15.1. The highest BCUT2D eigenvalue weighted by atomic mass is 16.5. The lowest BCUT2D eigenvalue weighted by Crippen LogP contribution is -2.45. The van der Waals surface area contributed by atoms with E-state index in [1.807, 2.05) is 23.6 Å². The van der Waals surface area contributed by atoms with Gasteiger partial charge in [0.1, 0.15) is 5.82 Å². The van der Waals surface area contributed by atoms with Crippen molar-refractivity contribution in [3.63, 3.8) is 0 Å². The maximum atomic E-state index is 12.6. The highest BCUT2D eigenvalue weighted by Gasteiger charge is 2.22. The molecule has 0 aliphatic carbocycles. The van der Waals surface area contributed by atoms with Gasteiger partial charge in [0.15, 0.2) is 22.7 Å². The SMILES string of the molecule is CCCCn1c(=O)[nH]c(=O)c2c1nc(CN1CCN(Cc3ccc(OC)c(OC)c3)CC1)n2CC. The molecule has 1 saturated heterocycles. The Kier molecular flexibility index (Phi) is 7.92. The summed E-state index contributed by atoms with van der Waals surface area (Å²) in [6, 6.07) is 6.05. The number of ether oxygens (including phenoxy) is 2. The molecule has 10 nitrogen and oxygen atoms in total. The molecule has 1 aromatic carbocycles. The molecule has 1 N–H and O–H groups in total. The molecule has 2 aromatic heterocycles. The molecule has 4 rings (SSSR count). The van der Waals surface area contributed by atoms with Crippen molar-refractivity contribution >= 4 is 11.2 Å². The van der Waals surface area contributed by atoms with Gasteiger partial charge in [0.05, 0.1) is 20.8 Å². The predicted molar refractivity (Wildman–Crippen MR) is 135 cm³/mol. The van der Waals surface area contributed by atoms with Crippen LogP contribution in [0.2, 0.25) is 0 Å². The van der Waals surface area contributed by atoms with E-state index in [0.29, 0.717) is 30.8 Å². The van der Waals surface area contributed by atoms with E-state index in [1.54, 1.807) is 18.8 Å². The molecule has 1 fully saturated rings. The molecule has 0 saturated carbocycles. The van der Waals surface area contributed by atoms with Gasteiger partial charge in [0.2, 0.25) is 0 Å². The van der Waals surface area contributed by atoms with Crippen molar-refractivity contribution in [2.24, 2.45) is 0 Å². The number of fused-ring (bicyclic) bond motifs is 1. The average molecular weight is 485 g/mol. The Morgan fingerprint density at radius 1 is 0.943 bits per heavy atom. The number of aryl methyl sites for hydroxylation is 2. The molecule has 0 spiro atoms. The zero-order chi connectivity index (χ0) is 24.9. The summed E-state index contributed by atoms with van der Waals surface area (Å²) in [5.74, 6) is 2.31. The Morgan fingerprint density at radius 3 is 2.26 bits per heavy atom. The van der Waals surface area contributed by atoms with Crippen molar-refractivity contribution < 1.29 is 9.47 Å². The maximum Gasteiger partial charge on any atom is 0.330 e. The van der Waals surface area contributed by atoms with Crippen LogP contribution in [0.3, 0.4) is 0 Å². The largest absolute Gasteiger partial charge is 0.493 e. The van der Waals surface area contributed by atoms with E-state index in [1.165, 1.54) is 5.56 Å². The second-order valence-electron chi connectivity index (χ2n) is 8.95. The zero-order valence-corrected chi connectivity index (χ0v) is 21.2. The van der Waals surface area contributed by atoms with Crippen molar-refractivity contribution in [1.29, 1.82) is 0 Å². The van der Waals surface area contributed by atoms with Crippen LogP contribution in [0.5, 0.6) is 11.5 Å². The molecular weight excluding hydrogens is 448 g/mol. The van der Waals surface area contributed by atoms with Crippen molar-refractivity contribution in [1.82, 2.24) is 28.9 Å². The number of aromatic nitrogens is 4. The lowest BCUT2D eigenvalue weighted by atomic mass is 10.1. The fourth-order valence-corrected chi connectivity index (χ4v) is 4.75. The Bertz CT molecular complexity index is 1270. The fraction of sp³-hybridized carbons (Fsp3) is 0.560. The Morgan fingerprint density at radius 2 is 1.63 bits per heavy atom. The first-order chi connectivity index (χ1) is 17.0. The summed E-state index contributed by atoms with van der Waals surface area (Å²) < 4.78 is 14.3. The Labute approximate surface area is 205 Å². The van der Waals surface area contributed by atoms with Crippen LogP contribution in [0.1, 0.15) is 38.1 Å². The number of methoxy groups -OCH3 is 2. The van der Waals surface area contributed by atoms with Crippen LogP contribution in [0, 0.1) is 0 Å². The van der Waals surface area contributed by atoms with Crippen LogP contribution < -0.4 is 20.7 Å². The number of H-pyrrole nitrogens is 1. The molecule has 10 heteroatoms. The van der Waals surface area contributed by atoms with Crippen LogP contribution in [0.15, 0.2) is 27.8 Å². The van der Waals surface area contributed by atoms with E-state index < -0.39 is 0 Å². The van der Waals surface area contributed by atoms with Gasteiger partial charge < -0.3 is 14.0 Å². The molecule has 1 aliphatic heterocycles. The summed E-state index contributed by atoms with van der Waals surface area (Å²) in [5, 5.41) is 0. The Balaban J connectivity index is 1.47. The zero-order valence-electron chi connectivity index (χ0n) is 21.2. The van der Waals surface area contributed by atoms with E-state index in [4.69, 9.17) is 14.5 Å². The lowest BCUT2D eigenvalue weighted by Gasteiger charge is -2.34. The van der Waals surface area contributed by atoms with Gasteiger partial charge >= 0.3 is 5.69 Å². The number of unbranched alkanes of at least 4 members (excludes halogenated alkanes) is 1. The molecule has 190 valence electrons. The number of hydrogen-bond donors (Lipinski definition) is 1. The summed E-state index contributed by atoms with van der Waals surface area (Å²) in [6.07, 6.45) is 1.82. The molecule has 0 atom stereocenters. The first kappa shape index (κ1) is 25.0. The molecule has 3 heterocycles. The van der Waals surface area contributed by atoms with Crippen molar-refractivity contribution in [3.8, 4) is 11.5 Å². The number of aromatic amines is 1. The number of benzene rings is 1. The minimum atomic E-state index is -0.382. The summed E-state index contributed by atoms with van der Waals surface area (Å²) in [4.78, 5) is 37.2. The van der Waals surface area contributed by atoms with Gasteiger partial charge in [0, 0.05) is 45.8 Å². The van der Waals surface area contributed by atoms with Crippen LogP contribution in [0.4, 0.5) is 0 Å². The van der Waals surface area contributed by atoms with Gasteiger partial charge in [-0.15, -0.1) is 0 Å². The van der Waals surface area contributed by atoms with Gasteiger partial charge in [-0.2, -0.15) is 0 Å². The minimum Gasteiger partial charge on any atom is -0.493 e. The van der Waals surface area contributed by atoms with Crippen LogP contribution in [0.25, 0.3) is 11.2 Å². The molecule has 0 unspecified atom stereocenters. The van der Waals surface area contributed by atoms with Gasteiger partial charge in [-0.25, -0.2) is 9.78 Å². The standard InChI is InChI=1S/C25H36N6O4/c1-5-7-10-31-23-22(24(32)27-25(31)33)30(6-2)21(26-23)17-29-13-11-28(12-14-29)16-18-8-9-19(34-3)20(15-18)35-4/h8-9,15H,5-7,10-14,16-17H2,1-4H3,(H,27,32,33). The van der Waals surface area contributed by atoms with Crippen molar-refractivity contribution in [3.05, 3.63) is 50.4 Å². The summed E-state index contributed by atoms with van der Waals surface area (Å²) in [7, 11) is 3.30. The van der Waals surface area contributed by atoms with Crippen LogP contribution in [-0.4, -0.2) is 69.3 Å². The number of hydrogen-bond acceptors (Lipinski definition) is 7. The molecule has 35 heavy (non-hydrogen) atoms. The molecule has 0 bridgehead atoms. The van der Waals surface area contributed by atoms with Crippen LogP contribution in [-0.2, 0) is 26.2 Å². The number of piperazine rings is 1. The minimum absolute atomic E-state index is 0.363. The van der Waals surface area contributed by atoms with Gasteiger partial charge in [-0.3, -0.25) is 24.1 Å². The van der Waals surface area contributed by atoms with Crippen molar-refractivity contribution in [2.45, 2.75) is 52.9 Å². The predicted octanol–water partition coefficient (Wildman–Crippen LogP) is 2.04. The van der Waals surface area contributed by atoms with Crippen molar-refractivity contribution in [2.75, 3.05) is 40.4 Å². The monoisotopic (exact) mass is 484 g/mol. The maximum absolute atomic E-state index is 12.6. The third-order valence-corrected chi connectivity index (χ3v) is 6.70. The summed E-state index contributed by atoms with van der Waals surface area (Å²) in [6.45, 7) is 10.4. The van der Waals surface area contributed by atoms with Gasteiger partial charge in [-0.1, -0.05) is 19.4 Å². The molecule has 0 amide bonds. The first-order valence-corrected chi connectivity index (χ1v) is 12.4. The van der Waals surface area contributed by atoms with E-state index >= 15 is 0 Å². The topological polar surface area (TPSA) is 97.6 Å². The lowest BCUT2D eigenvalue weighted by molar-refractivity contribution is 0.119. The number of nitrogens with one attached hydrogen (secondary N) is 1. The molecule has 1 aliphatic rings. The van der Waals surface area contributed by atoms with E-state index in [2.05, 4.69) is 27.8 Å². The fourth-order valence-electron chi connectivity index (χ4n) is 4.75. The van der Waals surface area contributed by atoms with E-state index in [0.717, 1.165) is 62.9 Å². The molecular formula is C25H36N6O4. The average Bonchev–Trinajstić information content (AvgIpc) is 3.23. The second kappa shape index (κ2) is 11.1. The Hall–Kier alpha value is -3.11. The van der Waals surface area contributed by atoms with Gasteiger partial charge in [0.25, 0.3) is 5.56 Å². The molecule has 0 radical (unpaired) electrons. The smallest absolute Gasteiger partial charge is 0.330 e. The molecule has 3 aromatic rings. The highest BCUT2D eigenvalue weighted by Crippen LogP contribution is 2.28. The number of rotatable bonds is 10. The van der Waals surface area contributed by atoms with E-state index in [9.17, 15) is 9.59 Å².